The summed E-state index contributed by atoms with van der Waals surface area (Å²) in [7, 11) is 1.17. The summed E-state index contributed by atoms with van der Waals surface area (Å²) in [5, 5.41) is 0. The summed E-state index contributed by atoms with van der Waals surface area (Å²) in [5.41, 5.74) is 0. The Morgan fingerprint density at radius 2 is 0.931 bits per heavy atom. The predicted molar refractivity (Wildman–Crippen MR) is 241 cm³/mol. The van der Waals surface area contributed by atoms with Crippen molar-refractivity contribution in [3.05, 3.63) is 24.3 Å². The van der Waals surface area contributed by atoms with Crippen LogP contribution in [-0.4, -0.2) is 70.0 Å². The van der Waals surface area contributed by atoms with Crippen LogP contribution in [0.25, 0.3) is 0 Å². The molecule has 0 aromatic carbocycles. The molecule has 0 bridgehead atoms. The zero-order valence-electron chi connectivity index (χ0n) is 38.5. The molecule has 58 heavy (non-hydrogen) atoms. The third-order valence-corrected chi connectivity index (χ3v) is 11.4. The van der Waals surface area contributed by atoms with Crippen molar-refractivity contribution in [1.82, 2.24) is 0 Å². The van der Waals surface area contributed by atoms with Crippen molar-refractivity contribution in [1.29, 1.82) is 0 Å². The van der Waals surface area contributed by atoms with Gasteiger partial charge in [0.05, 0.1) is 27.7 Å². The number of nitrogens with zero attached hydrogens (tertiary/aromatic N) is 1. The SMILES string of the molecule is CCCCCCC/C=C\C/C=C\CCCCCCCCCCCCCCCC(=O)OC(COC(=O)CCCCCCCCCCC)COP(=O)([O-])OCC[N+](C)(C)C. The monoisotopic (exact) mass is 842 g/mol. The lowest BCUT2D eigenvalue weighted by molar-refractivity contribution is -0.870. The number of esters is 2. The highest BCUT2D eigenvalue weighted by Crippen LogP contribution is 2.38. The van der Waals surface area contributed by atoms with E-state index < -0.39 is 26.5 Å². The van der Waals surface area contributed by atoms with E-state index in [1.165, 1.54) is 141 Å². The molecule has 0 aliphatic rings. The van der Waals surface area contributed by atoms with Gasteiger partial charge in [0.2, 0.25) is 0 Å². The van der Waals surface area contributed by atoms with Crippen LogP contribution in [0.4, 0.5) is 0 Å². The van der Waals surface area contributed by atoms with E-state index >= 15 is 0 Å². The zero-order valence-corrected chi connectivity index (χ0v) is 39.4. The van der Waals surface area contributed by atoms with E-state index in [2.05, 4.69) is 38.2 Å². The summed E-state index contributed by atoms with van der Waals surface area (Å²) in [4.78, 5) is 37.5. The number of ether oxygens (including phenoxy) is 2. The molecule has 0 fully saturated rings. The number of carbonyl (C=O) groups is 2. The number of rotatable bonds is 44. The number of carbonyl (C=O) groups excluding carboxylic acids is 2. The number of phosphoric acid groups is 1. The van der Waals surface area contributed by atoms with Crippen molar-refractivity contribution in [2.24, 2.45) is 0 Å². The van der Waals surface area contributed by atoms with Gasteiger partial charge in [0, 0.05) is 12.8 Å². The number of quaternary nitrogens is 1. The second kappa shape index (κ2) is 40.9. The molecule has 0 radical (unpaired) electrons. The van der Waals surface area contributed by atoms with Crippen LogP contribution < -0.4 is 4.89 Å². The summed E-state index contributed by atoms with van der Waals surface area (Å²) in [6, 6.07) is 0. The third-order valence-electron chi connectivity index (χ3n) is 10.5. The summed E-state index contributed by atoms with van der Waals surface area (Å²) >= 11 is 0. The van der Waals surface area contributed by atoms with E-state index in [4.69, 9.17) is 18.5 Å². The molecule has 0 rings (SSSR count). The molecule has 2 atom stereocenters. The Morgan fingerprint density at radius 3 is 1.36 bits per heavy atom. The topological polar surface area (TPSA) is 111 Å². The second-order valence-corrected chi connectivity index (χ2v) is 18.9. The van der Waals surface area contributed by atoms with Crippen LogP contribution in [0.3, 0.4) is 0 Å². The van der Waals surface area contributed by atoms with E-state index in [1.54, 1.807) is 0 Å². The van der Waals surface area contributed by atoms with E-state index in [0.717, 1.165) is 44.9 Å². The zero-order chi connectivity index (χ0) is 42.8. The first kappa shape index (κ1) is 56.5. The normalized spacial score (nSPS) is 13.7. The summed E-state index contributed by atoms with van der Waals surface area (Å²) < 4.78 is 33.9. The summed E-state index contributed by atoms with van der Waals surface area (Å²) in [5.74, 6) is -0.830. The Labute approximate surface area is 358 Å². The van der Waals surface area contributed by atoms with Gasteiger partial charge < -0.3 is 27.9 Å². The molecule has 0 aromatic rings. The molecular weight excluding hydrogens is 750 g/mol. The van der Waals surface area contributed by atoms with Crippen molar-refractivity contribution in [3.8, 4) is 0 Å². The van der Waals surface area contributed by atoms with Crippen molar-refractivity contribution in [3.63, 3.8) is 0 Å². The first-order chi connectivity index (χ1) is 28.0. The molecule has 0 aliphatic heterocycles. The molecule has 0 amide bonds. The fourth-order valence-electron chi connectivity index (χ4n) is 6.69. The molecule has 2 unspecified atom stereocenters. The highest BCUT2D eigenvalue weighted by molar-refractivity contribution is 7.45. The van der Waals surface area contributed by atoms with E-state index in [-0.39, 0.29) is 32.0 Å². The lowest BCUT2D eigenvalue weighted by Gasteiger charge is -2.28. The fourth-order valence-corrected chi connectivity index (χ4v) is 7.41. The number of hydrogen-bond donors (Lipinski definition) is 0. The second-order valence-electron chi connectivity index (χ2n) is 17.5. The van der Waals surface area contributed by atoms with Crippen molar-refractivity contribution < 1.29 is 42.1 Å². The maximum atomic E-state index is 12.7. The molecule has 10 heteroatoms. The molecule has 0 N–H and O–H groups in total. The van der Waals surface area contributed by atoms with Crippen LogP contribution in [-0.2, 0) is 32.7 Å². The van der Waals surface area contributed by atoms with Gasteiger partial charge in [-0.1, -0.05) is 186 Å². The molecule has 0 saturated heterocycles. The smallest absolute Gasteiger partial charge is 0.306 e. The van der Waals surface area contributed by atoms with E-state index in [9.17, 15) is 19.0 Å². The fraction of sp³-hybridized carbons (Fsp3) is 0.875. The standard InChI is InChI=1S/C48H92NO8P/c1-6-8-10-12-14-16-17-18-19-20-21-22-23-24-25-26-27-28-29-30-31-33-35-37-39-41-48(51)57-46(45-56-58(52,53)55-43-42-49(3,4)5)44-54-47(50)40-38-36-34-32-15-13-11-9-7-2/h17-18,20-21,46H,6-16,19,22-45H2,1-5H3/b18-17-,21-20-. The van der Waals surface area contributed by atoms with Gasteiger partial charge in [-0.05, 0) is 44.9 Å². The molecular formula is C48H92NO8P. The largest absolute Gasteiger partial charge is 0.756 e. The van der Waals surface area contributed by atoms with Gasteiger partial charge in [-0.25, -0.2) is 0 Å². The van der Waals surface area contributed by atoms with Gasteiger partial charge in [0.25, 0.3) is 7.82 Å². The Kier molecular flexibility index (Phi) is 39.8. The first-order valence-electron chi connectivity index (χ1n) is 24.0. The quantitative estimate of drug-likeness (QED) is 0.0196. The van der Waals surface area contributed by atoms with Gasteiger partial charge in [-0.3, -0.25) is 14.2 Å². The van der Waals surface area contributed by atoms with Gasteiger partial charge in [-0.15, -0.1) is 0 Å². The Morgan fingerprint density at radius 1 is 0.534 bits per heavy atom. The Balaban J connectivity index is 4.13. The predicted octanol–water partition coefficient (Wildman–Crippen LogP) is 13.3. The third kappa shape index (κ3) is 44.1. The van der Waals surface area contributed by atoms with E-state index in [1.807, 2.05) is 21.1 Å². The highest BCUT2D eigenvalue weighted by Gasteiger charge is 2.21. The Bertz CT molecular complexity index is 1040. The molecule has 0 spiro atoms. The number of unbranched alkanes of at least 4 members (excludes halogenated alkanes) is 26. The highest BCUT2D eigenvalue weighted by atomic mass is 31.2. The average molecular weight is 842 g/mol. The first-order valence-corrected chi connectivity index (χ1v) is 25.5. The lowest BCUT2D eigenvalue weighted by Crippen LogP contribution is -2.37. The summed E-state index contributed by atoms with van der Waals surface area (Å²) in [6.45, 7) is 4.21. The molecule has 0 saturated carbocycles. The van der Waals surface area contributed by atoms with Crippen LogP contribution in [0, 0.1) is 0 Å². The van der Waals surface area contributed by atoms with Crippen LogP contribution >= 0.6 is 7.82 Å². The number of hydrogen-bond acceptors (Lipinski definition) is 8. The van der Waals surface area contributed by atoms with Crippen LogP contribution in [0.15, 0.2) is 24.3 Å². The molecule has 342 valence electrons. The lowest BCUT2D eigenvalue weighted by atomic mass is 10.0. The molecule has 9 nitrogen and oxygen atoms in total. The van der Waals surface area contributed by atoms with Crippen molar-refractivity contribution in [2.45, 2.75) is 225 Å². The minimum absolute atomic E-state index is 0.0287. The summed E-state index contributed by atoms with van der Waals surface area (Å²) in [6.07, 6.45) is 45.1. The maximum absolute atomic E-state index is 12.7. The van der Waals surface area contributed by atoms with Gasteiger partial charge >= 0.3 is 11.9 Å². The van der Waals surface area contributed by atoms with Crippen LogP contribution in [0.5, 0.6) is 0 Å². The minimum atomic E-state index is -4.62. The van der Waals surface area contributed by atoms with Gasteiger partial charge in [-0.2, -0.15) is 0 Å². The number of allylic oxidation sites excluding steroid dienone is 4. The van der Waals surface area contributed by atoms with Gasteiger partial charge in [0.1, 0.15) is 19.8 Å². The van der Waals surface area contributed by atoms with Crippen LogP contribution in [0.1, 0.15) is 219 Å². The van der Waals surface area contributed by atoms with Gasteiger partial charge in [0.15, 0.2) is 6.10 Å². The van der Waals surface area contributed by atoms with Crippen molar-refractivity contribution in [2.75, 3.05) is 47.5 Å². The Hall–Kier alpha value is -1.51. The average Bonchev–Trinajstić information content (AvgIpc) is 3.17. The molecule has 0 aliphatic carbocycles. The van der Waals surface area contributed by atoms with Crippen LogP contribution in [0.2, 0.25) is 0 Å². The molecule has 0 aromatic heterocycles. The van der Waals surface area contributed by atoms with Crippen molar-refractivity contribution >= 4 is 19.8 Å². The molecule has 0 heterocycles. The maximum Gasteiger partial charge on any atom is 0.306 e. The number of likely N-dealkylation sites (N-methyl/N-ethyl adjacent to an activating group) is 1. The van der Waals surface area contributed by atoms with E-state index in [0.29, 0.717) is 17.4 Å². The number of phosphoric ester groups is 1. The minimum Gasteiger partial charge on any atom is -0.756 e.